The average Bonchev–Trinajstić information content (AvgIpc) is 1.60. The monoisotopic (exact) mass is 165 g/mol. The van der Waals surface area contributed by atoms with Crippen LogP contribution in [0.3, 0.4) is 0 Å². The van der Waals surface area contributed by atoms with Crippen molar-refractivity contribution in [2.75, 3.05) is 0 Å². The van der Waals surface area contributed by atoms with Crippen molar-refractivity contribution in [1.82, 2.24) is 0 Å². The smallest absolute Gasteiger partial charge is 0.0634 e. The predicted molar refractivity (Wildman–Crippen MR) is 44.3 cm³/mol. The zero-order valence-electron chi connectivity index (χ0n) is 6.34. The van der Waals surface area contributed by atoms with Gasteiger partial charge in [0.05, 0.1) is 5.60 Å². The van der Waals surface area contributed by atoms with E-state index in [1.807, 2.05) is 6.92 Å². The van der Waals surface area contributed by atoms with Gasteiger partial charge in [0.15, 0.2) is 0 Å². The van der Waals surface area contributed by atoms with E-state index in [4.69, 9.17) is 5.73 Å². The summed E-state index contributed by atoms with van der Waals surface area (Å²) >= 11 is 0. The van der Waals surface area contributed by atoms with Crippen molar-refractivity contribution < 1.29 is 5.11 Å². The molecule has 0 spiro atoms. The van der Waals surface area contributed by atoms with Gasteiger partial charge in [0.1, 0.15) is 0 Å². The van der Waals surface area contributed by atoms with Crippen LogP contribution in [0.4, 0.5) is 0 Å². The number of nitrogens with two attached hydrogens (primary N) is 1. The molecule has 0 radical (unpaired) electrons. The fourth-order valence-electron chi connectivity index (χ4n) is 1.51. The van der Waals surface area contributed by atoms with Gasteiger partial charge >= 0.3 is 0 Å². The Labute approximate surface area is 68.2 Å². The van der Waals surface area contributed by atoms with E-state index in [0.717, 1.165) is 25.7 Å². The first kappa shape index (κ1) is 10.2. The molecule has 1 aliphatic rings. The quantitative estimate of drug-likeness (QED) is 0.564. The van der Waals surface area contributed by atoms with Gasteiger partial charge in [-0.1, -0.05) is 0 Å². The highest BCUT2D eigenvalue weighted by Gasteiger charge is 2.27. The van der Waals surface area contributed by atoms with E-state index in [9.17, 15) is 5.11 Å². The predicted octanol–water partition coefficient (Wildman–Crippen LogP) is 1.06. The molecule has 3 N–H and O–H groups in total. The molecule has 0 bridgehead atoms. The lowest BCUT2D eigenvalue weighted by molar-refractivity contribution is 0.0156. The van der Waals surface area contributed by atoms with Gasteiger partial charge in [-0.3, -0.25) is 0 Å². The molecular formula is C7H16ClNO. The molecule has 3 heteroatoms. The first-order valence-electron chi connectivity index (χ1n) is 3.58. The molecule has 0 aliphatic heterocycles. The lowest BCUT2D eigenvalue weighted by Crippen LogP contribution is -2.38. The zero-order valence-corrected chi connectivity index (χ0v) is 7.16. The van der Waals surface area contributed by atoms with Crippen LogP contribution in [0.2, 0.25) is 0 Å². The van der Waals surface area contributed by atoms with Crippen molar-refractivity contribution in [3.05, 3.63) is 0 Å². The molecular weight excluding hydrogens is 150 g/mol. The molecule has 2 nitrogen and oxygen atoms in total. The van der Waals surface area contributed by atoms with Crippen LogP contribution in [0.25, 0.3) is 0 Å². The molecule has 2 atom stereocenters. The van der Waals surface area contributed by atoms with Gasteiger partial charge in [-0.2, -0.15) is 0 Å². The summed E-state index contributed by atoms with van der Waals surface area (Å²) in [5, 5.41) is 9.46. The molecule has 10 heavy (non-hydrogen) atoms. The minimum absolute atomic E-state index is 0. The number of halogens is 1. The number of hydrogen-bond acceptors (Lipinski definition) is 2. The lowest BCUT2D eigenvalue weighted by atomic mass is 9.84. The summed E-state index contributed by atoms with van der Waals surface area (Å²) in [4.78, 5) is 0. The maximum atomic E-state index is 9.46. The minimum atomic E-state index is -0.475. The van der Waals surface area contributed by atoms with Gasteiger partial charge in [-0.05, 0) is 32.6 Å². The SMILES string of the molecule is C[C@@]1(O)CCC[C@@H](N)C1.Cl. The van der Waals surface area contributed by atoms with Crippen molar-refractivity contribution in [3.8, 4) is 0 Å². The molecule has 62 valence electrons. The molecule has 1 fully saturated rings. The van der Waals surface area contributed by atoms with Crippen LogP contribution in [-0.2, 0) is 0 Å². The second-order valence-corrected chi connectivity index (χ2v) is 3.35. The van der Waals surface area contributed by atoms with Crippen LogP contribution in [0.5, 0.6) is 0 Å². The van der Waals surface area contributed by atoms with Crippen LogP contribution in [0.15, 0.2) is 0 Å². The molecule has 0 unspecified atom stereocenters. The molecule has 1 saturated carbocycles. The number of hydrogen-bond donors (Lipinski definition) is 2. The Morgan fingerprint density at radius 3 is 2.50 bits per heavy atom. The number of rotatable bonds is 0. The van der Waals surface area contributed by atoms with Gasteiger partial charge in [0.2, 0.25) is 0 Å². The summed E-state index contributed by atoms with van der Waals surface area (Å²) in [6.45, 7) is 1.87. The van der Waals surface area contributed by atoms with Crippen LogP contribution in [-0.4, -0.2) is 16.7 Å². The second kappa shape index (κ2) is 3.56. The second-order valence-electron chi connectivity index (χ2n) is 3.35. The van der Waals surface area contributed by atoms with Crippen molar-refractivity contribution in [3.63, 3.8) is 0 Å². The fraction of sp³-hybridized carbons (Fsp3) is 1.00. The van der Waals surface area contributed by atoms with Crippen molar-refractivity contribution in [2.45, 2.75) is 44.2 Å². The Morgan fingerprint density at radius 1 is 1.60 bits per heavy atom. The van der Waals surface area contributed by atoms with E-state index in [-0.39, 0.29) is 18.4 Å². The van der Waals surface area contributed by atoms with Crippen molar-refractivity contribution >= 4 is 12.4 Å². The Morgan fingerprint density at radius 2 is 2.20 bits per heavy atom. The van der Waals surface area contributed by atoms with Crippen LogP contribution >= 0.6 is 12.4 Å². The van der Waals surface area contributed by atoms with E-state index < -0.39 is 5.60 Å². The van der Waals surface area contributed by atoms with E-state index in [0.29, 0.717) is 0 Å². The topological polar surface area (TPSA) is 46.2 Å². The molecule has 0 aromatic carbocycles. The van der Waals surface area contributed by atoms with Crippen LogP contribution in [0.1, 0.15) is 32.6 Å². The zero-order chi connectivity index (χ0) is 6.91. The Balaban J connectivity index is 0.000000810. The summed E-state index contributed by atoms with van der Waals surface area (Å²) < 4.78 is 0. The van der Waals surface area contributed by atoms with Crippen molar-refractivity contribution in [2.24, 2.45) is 5.73 Å². The third kappa shape index (κ3) is 2.86. The molecule has 1 aliphatic carbocycles. The first-order valence-corrected chi connectivity index (χ1v) is 3.58. The third-order valence-electron chi connectivity index (χ3n) is 1.99. The summed E-state index contributed by atoms with van der Waals surface area (Å²) in [6, 6.07) is 0.230. The molecule has 1 rings (SSSR count). The van der Waals surface area contributed by atoms with E-state index in [1.165, 1.54) is 0 Å². The van der Waals surface area contributed by atoms with E-state index in [2.05, 4.69) is 0 Å². The molecule has 0 aromatic heterocycles. The molecule has 0 aromatic rings. The largest absolute Gasteiger partial charge is 0.390 e. The van der Waals surface area contributed by atoms with Crippen LogP contribution in [0, 0.1) is 0 Å². The van der Waals surface area contributed by atoms with Gasteiger partial charge in [0.25, 0.3) is 0 Å². The average molecular weight is 166 g/mol. The van der Waals surface area contributed by atoms with Crippen LogP contribution < -0.4 is 5.73 Å². The van der Waals surface area contributed by atoms with Gasteiger partial charge in [-0.15, -0.1) is 12.4 Å². The maximum Gasteiger partial charge on any atom is 0.0634 e. The Bertz CT molecular complexity index is 106. The van der Waals surface area contributed by atoms with Gasteiger partial charge in [-0.25, -0.2) is 0 Å². The summed E-state index contributed by atoms with van der Waals surface area (Å²) in [5.74, 6) is 0. The minimum Gasteiger partial charge on any atom is -0.390 e. The highest BCUT2D eigenvalue weighted by atomic mass is 35.5. The molecule has 0 amide bonds. The third-order valence-corrected chi connectivity index (χ3v) is 1.99. The highest BCUT2D eigenvalue weighted by Crippen LogP contribution is 2.26. The summed E-state index contributed by atoms with van der Waals surface area (Å²) in [5.41, 5.74) is 5.18. The van der Waals surface area contributed by atoms with E-state index in [1.54, 1.807) is 0 Å². The first-order chi connectivity index (χ1) is 4.10. The lowest BCUT2D eigenvalue weighted by Gasteiger charge is -2.31. The number of aliphatic hydroxyl groups is 1. The normalized spacial score (nSPS) is 40.5. The maximum absolute atomic E-state index is 9.46. The molecule has 0 saturated heterocycles. The summed E-state index contributed by atoms with van der Waals surface area (Å²) in [6.07, 6.45) is 3.85. The van der Waals surface area contributed by atoms with Gasteiger partial charge < -0.3 is 10.8 Å². The Hall–Kier alpha value is 0.210. The van der Waals surface area contributed by atoms with E-state index >= 15 is 0 Å². The standard InChI is InChI=1S/C7H15NO.ClH/c1-7(9)4-2-3-6(8)5-7;/h6,9H,2-5,8H2,1H3;1H/t6-,7-;/m1./s1. The fourth-order valence-corrected chi connectivity index (χ4v) is 1.51. The van der Waals surface area contributed by atoms with Crippen molar-refractivity contribution in [1.29, 1.82) is 0 Å². The Kier molecular flexibility index (Phi) is 3.63. The molecule has 0 heterocycles. The summed E-state index contributed by atoms with van der Waals surface area (Å²) in [7, 11) is 0. The van der Waals surface area contributed by atoms with Gasteiger partial charge in [0, 0.05) is 6.04 Å². The highest BCUT2D eigenvalue weighted by molar-refractivity contribution is 5.85.